The molecule has 0 N–H and O–H groups in total. The predicted octanol–water partition coefficient (Wildman–Crippen LogP) is 4.72. The van der Waals surface area contributed by atoms with Crippen molar-refractivity contribution in [1.29, 1.82) is 0 Å². The van der Waals surface area contributed by atoms with Crippen molar-refractivity contribution in [2.45, 2.75) is 32.6 Å². The Kier molecular flexibility index (Phi) is 6.31. The number of aryl methyl sites for hydroxylation is 1. The molecule has 0 atom stereocenters. The molecule has 0 unspecified atom stereocenters. The molecule has 2 heteroatoms. The van der Waals surface area contributed by atoms with Gasteiger partial charge in [0.2, 0.25) is 0 Å². The Bertz CT molecular complexity index is 585. The number of para-hydroxylation sites is 1. The zero-order valence-corrected chi connectivity index (χ0v) is 14.8. The highest BCUT2D eigenvalue weighted by Gasteiger charge is 2.19. The largest absolute Gasteiger partial charge is 0.494 e. The summed E-state index contributed by atoms with van der Waals surface area (Å²) in [5.41, 5.74) is 2.85. The molecule has 1 aliphatic rings. The minimum Gasteiger partial charge on any atom is -0.494 e. The number of benzene rings is 2. The van der Waals surface area contributed by atoms with Crippen molar-refractivity contribution in [2.24, 2.45) is 5.92 Å². The first-order valence-electron chi connectivity index (χ1n) is 9.25. The molecule has 0 radical (unpaired) electrons. The number of piperidine rings is 1. The summed E-state index contributed by atoms with van der Waals surface area (Å²) in [5, 5.41) is 0. The fourth-order valence-corrected chi connectivity index (χ4v) is 3.47. The van der Waals surface area contributed by atoms with Gasteiger partial charge in [-0.25, -0.2) is 0 Å². The standard InChI is InChI=1S/C22H29NO/c1-19-8-10-20(11-9-19)18-21-12-15-23(16-13-21)14-5-17-24-22-6-3-2-4-7-22/h2-4,6-11,21H,5,12-18H2,1H3. The number of likely N-dealkylation sites (tertiary alicyclic amines) is 1. The van der Waals surface area contributed by atoms with Crippen molar-refractivity contribution in [3.8, 4) is 5.75 Å². The Morgan fingerprint density at radius 2 is 1.67 bits per heavy atom. The molecule has 0 amide bonds. The van der Waals surface area contributed by atoms with Crippen LogP contribution in [0.3, 0.4) is 0 Å². The first-order chi connectivity index (χ1) is 11.8. The summed E-state index contributed by atoms with van der Waals surface area (Å²) >= 11 is 0. The lowest BCUT2D eigenvalue weighted by molar-refractivity contribution is 0.170. The fraction of sp³-hybridized carbons (Fsp3) is 0.455. The topological polar surface area (TPSA) is 12.5 Å². The van der Waals surface area contributed by atoms with E-state index >= 15 is 0 Å². The molecule has 1 fully saturated rings. The molecular weight excluding hydrogens is 294 g/mol. The molecule has 0 spiro atoms. The van der Waals surface area contributed by atoms with E-state index in [1.54, 1.807) is 0 Å². The first-order valence-corrected chi connectivity index (χ1v) is 9.25. The summed E-state index contributed by atoms with van der Waals surface area (Å²) in [4.78, 5) is 2.60. The molecule has 0 saturated carbocycles. The van der Waals surface area contributed by atoms with Gasteiger partial charge < -0.3 is 9.64 Å². The third-order valence-electron chi connectivity index (χ3n) is 4.98. The summed E-state index contributed by atoms with van der Waals surface area (Å²) in [6.45, 7) is 6.60. The van der Waals surface area contributed by atoms with E-state index in [9.17, 15) is 0 Å². The molecule has 2 aromatic carbocycles. The van der Waals surface area contributed by atoms with Gasteiger partial charge in [0.25, 0.3) is 0 Å². The van der Waals surface area contributed by atoms with Crippen LogP contribution in [0.25, 0.3) is 0 Å². The van der Waals surface area contributed by atoms with E-state index in [1.165, 1.54) is 43.5 Å². The van der Waals surface area contributed by atoms with Gasteiger partial charge in [0.15, 0.2) is 0 Å². The highest BCUT2D eigenvalue weighted by Crippen LogP contribution is 2.22. The van der Waals surface area contributed by atoms with Crippen molar-refractivity contribution < 1.29 is 4.74 Å². The zero-order chi connectivity index (χ0) is 16.6. The van der Waals surface area contributed by atoms with Crippen LogP contribution < -0.4 is 4.74 Å². The Hall–Kier alpha value is -1.80. The molecular formula is C22H29NO. The van der Waals surface area contributed by atoms with E-state index in [2.05, 4.69) is 36.1 Å². The second kappa shape index (κ2) is 8.89. The summed E-state index contributed by atoms with van der Waals surface area (Å²) in [6, 6.07) is 19.2. The lowest BCUT2D eigenvalue weighted by atomic mass is 9.90. The number of nitrogens with zero attached hydrogens (tertiary/aromatic N) is 1. The Labute approximate surface area is 146 Å². The third kappa shape index (κ3) is 5.38. The van der Waals surface area contributed by atoms with Crippen molar-refractivity contribution in [3.05, 3.63) is 65.7 Å². The van der Waals surface area contributed by atoms with Gasteiger partial charge in [-0.3, -0.25) is 0 Å². The predicted molar refractivity (Wildman–Crippen MR) is 101 cm³/mol. The number of hydrogen-bond donors (Lipinski definition) is 0. The normalized spacial score (nSPS) is 16.2. The van der Waals surface area contributed by atoms with Gasteiger partial charge in [0.05, 0.1) is 6.61 Å². The van der Waals surface area contributed by atoms with Crippen molar-refractivity contribution in [2.75, 3.05) is 26.2 Å². The maximum atomic E-state index is 5.78. The average molecular weight is 323 g/mol. The summed E-state index contributed by atoms with van der Waals surface area (Å²) in [6.07, 6.45) is 5.00. The molecule has 128 valence electrons. The molecule has 1 heterocycles. The molecule has 0 aliphatic carbocycles. The molecule has 1 saturated heterocycles. The van der Waals surface area contributed by atoms with E-state index < -0.39 is 0 Å². The second-order valence-electron chi connectivity index (χ2n) is 6.99. The van der Waals surface area contributed by atoms with Crippen LogP contribution >= 0.6 is 0 Å². The van der Waals surface area contributed by atoms with Gasteiger partial charge in [0.1, 0.15) is 5.75 Å². The van der Waals surface area contributed by atoms with Crippen LogP contribution in [0.1, 0.15) is 30.4 Å². The van der Waals surface area contributed by atoms with Crippen LogP contribution in [0.15, 0.2) is 54.6 Å². The monoisotopic (exact) mass is 323 g/mol. The smallest absolute Gasteiger partial charge is 0.119 e. The van der Waals surface area contributed by atoms with E-state index in [1.807, 2.05) is 30.3 Å². The molecule has 2 aromatic rings. The Morgan fingerprint density at radius 1 is 0.958 bits per heavy atom. The third-order valence-corrected chi connectivity index (χ3v) is 4.98. The number of rotatable bonds is 7. The minimum atomic E-state index is 0.813. The van der Waals surface area contributed by atoms with Gasteiger partial charge >= 0.3 is 0 Å². The van der Waals surface area contributed by atoms with Crippen molar-refractivity contribution in [1.82, 2.24) is 4.90 Å². The van der Waals surface area contributed by atoms with Gasteiger partial charge in [-0.05, 0) is 69.3 Å². The lowest BCUT2D eigenvalue weighted by Crippen LogP contribution is -2.35. The Morgan fingerprint density at radius 3 is 2.38 bits per heavy atom. The molecule has 0 aromatic heterocycles. The molecule has 2 nitrogen and oxygen atoms in total. The molecule has 0 bridgehead atoms. The van der Waals surface area contributed by atoms with Crippen molar-refractivity contribution >= 4 is 0 Å². The van der Waals surface area contributed by atoms with Crippen LogP contribution in [0.2, 0.25) is 0 Å². The molecule has 3 rings (SSSR count). The second-order valence-corrected chi connectivity index (χ2v) is 6.99. The minimum absolute atomic E-state index is 0.813. The fourth-order valence-electron chi connectivity index (χ4n) is 3.47. The first kappa shape index (κ1) is 17.0. The van der Waals surface area contributed by atoms with Crippen molar-refractivity contribution in [3.63, 3.8) is 0 Å². The van der Waals surface area contributed by atoms with Gasteiger partial charge in [-0.1, -0.05) is 48.0 Å². The van der Waals surface area contributed by atoms with Gasteiger partial charge in [-0.15, -0.1) is 0 Å². The van der Waals surface area contributed by atoms with Crippen LogP contribution in [-0.2, 0) is 6.42 Å². The van der Waals surface area contributed by atoms with Gasteiger partial charge in [-0.2, -0.15) is 0 Å². The summed E-state index contributed by atoms with van der Waals surface area (Å²) in [7, 11) is 0. The maximum Gasteiger partial charge on any atom is 0.119 e. The summed E-state index contributed by atoms with van der Waals surface area (Å²) in [5.74, 6) is 1.83. The highest BCUT2D eigenvalue weighted by molar-refractivity contribution is 5.22. The van der Waals surface area contributed by atoms with Crippen LogP contribution in [-0.4, -0.2) is 31.1 Å². The summed E-state index contributed by atoms with van der Waals surface area (Å²) < 4.78 is 5.78. The average Bonchev–Trinajstić information content (AvgIpc) is 2.63. The lowest BCUT2D eigenvalue weighted by Gasteiger charge is -2.32. The zero-order valence-electron chi connectivity index (χ0n) is 14.8. The molecule has 24 heavy (non-hydrogen) atoms. The quantitative estimate of drug-likeness (QED) is 0.684. The molecule has 1 aliphatic heterocycles. The van der Waals surface area contributed by atoms with Crippen LogP contribution in [0, 0.1) is 12.8 Å². The number of ether oxygens (including phenoxy) is 1. The highest BCUT2D eigenvalue weighted by atomic mass is 16.5. The van der Waals surface area contributed by atoms with E-state index in [4.69, 9.17) is 4.74 Å². The van der Waals surface area contributed by atoms with E-state index in [0.29, 0.717) is 0 Å². The SMILES string of the molecule is Cc1ccc(CC2CCN(CCCOc3ccccc3)CC2)cc1. The van der Waals surface area contributed by atoms with Gasteiger partial charge in [0, 0.05) is 6.54 Å². The number of hydrogen-bond acceptors (Lipinski definition) is 2. The van der Waals surface area contributed by atoms with Crippen LogP contribution in [0.5, 0.6) is 5.75 Å². The van der Waals surface area contributed by atoms with E-state index in [-0.39, 0.29) is 0 Å². The maximum absolute atomic E-state index is 5.78. The van der Waals surface area contributed by atoms with E-state index in [0.717, 1.165) is 31.2 Å². The van der Waals surface area contributed by atoms with Crippen LogP contribution in [0.4, 0.5) is 0 Å². The Balaban J connectivity index is 1.31.